The molecule has 2 aliphatic rings. The Hall–Kier alpha value is -3.86. The summed E-state index contributed by atoms with van der Waals surface area (Å²) in [7, 11) is 1.53. The Balaban J connectivity index is 1.49. The SMILES string of the molecule is COc1cc2c(cc1C(=O)NC1C=CC=C(c3nncn3[C@H](C)CO)N1)CN(C(=O)OC(C)C)CC2. The third-order valence-corrected chi connectivity index (χ3v) is 6.09. The molecule has 0 spiro atoms. The molecular formula is C25H32N6O5. The van der Waals surface area contributed by atoms with Crippen molar-refractivity contribution in [1.29, 1.82) is 0 Å². The molecule has 0 saturated heterocycles. The molecule has 4 rings (SSSR count). The Morgan fingerprint density at radius 2 is 2.08 bits per heavy atom. The summed E-state index contributed by atoms with van der Waals surface area (Å²) in [5.41, 5.74) is 2.96. The fourth-order valence-corrected chi connectivity index (χ4v) is 4.18. The maximum absolute atomic E-state index is 13.3. The number of aliphatic hydroxyl groups excluding tert-OH is 1. The first-order chi connectivity index (χ1) is 17.3. The number of carbonyl (C=O) groups is 2. The third-order valence-electron chi connectivity index (χ3n) is 6.09. The van der Waals surface area contributed by atoms with Crippen molar-refractivity contribution in [2.24, 2.45) is 0 Å². The van der Waals surface area contributed by atoms with E-state index in [-0.39, 0.29) is 30.8 Å². The highest BCUT2D eigenvalue weighted by Crippen LogP contribution is 2.29. The molecule has 0 aliphatic carbocycles. The van der Waals surface area contributed by atoms with E-state index in [2.05, 4.69) is 20.8 Å². The fourth-order valence-electron chi connectivity index (χ4n) is 4.18. The molecule has 3 N–H and O–H groups in total. The Morgan fingerprint density at radius 3 is 2.81 bits per heavy atom. The predicted octanol–water partition coefficient (Wildman–Crippen LogP) is 2.00. The van der Waals surface area contributed by atoms with Crippen molar-refractivity contribution in [3.05, 3.63) is 59.2 Å². The van der Waals surface area contributed by atoms with Gasteiger partial charge >= 0.3 is 6.09 Å². The van der Waals surface area contributed by atoms with Gasteiger partial charge in [-0.25, -0.2) is 4.79 Å². The van der Waals surface area contributed by atoms with Gasteiger partial charge in [0.2, 0.25) is 0 Å². The van der Waals surface area contributed by atoms with Crippen LogP contribution in [0.5, 0.6) is 5.75 Å². The number of aliphatic hydroxyl groups is 1. The van der Waals surface area contributed by atoms with Gasteiger partial charge in [0.25, 0.3) is 5.91 Å². The highest BCUT2D eigenvalue weighted by molar-refractivity contribution is 5.97. The van der Waals surface area contributed by atoms with Crippen molar-refractivity contribution >= 4 is 17.7 Å². The maximum Gasteiger partial charge on any atom is 0.410 e. The van der Waals surface area contributed by atoms with Crippen LogP contribution in [0.1, 0.15) is 54.1 Å². The Morgan fingerprint density at radius 1 is 1.28 bits per heavy atom. The molecule has 1 aromatic heterocycles. The van der Waals surface area contributed by atoms with Gasteiger partial charge in [0.05, 0.1) is 37.1 Å². The van der Waals surface area contributed by atoms with E-state index in [0.717, 1.165) is 11.1 Å². The second-order valence-corrected chi connectivity index (χ2v) is 9.08. The average Bonchev–Trinajstić information content (AvgIpc) is 3.37. The topological polar surface area (TPSA) is 131 Å². The number of hydrogen-bond donors (Lipinski definition) is 3. The average molecular weight is 497 g/mol. The molecule has 0 radical (unpaired) electrons. The molecule has 0 bridgehead atoms. The van der Waals surface area contributed by atoms with E-state index in [1.54, 1.807) is 21.9 Å². The number of aromatic nitrogens is 3. The first-order valence-electron chi connectivity index (χ1n) is 11.9. The highest BCUT2D eigenvalue weighted by atomic mass is 16.6. The number of nitrogens with one attached hydrogen (secondary N) is 2. The number of fused-ring (bicyclic) bond motifs is 1. The maximum atomic E-state index is 13.3. The van der Waals surface area contributed by atoms with Gasteiger partial charge in [0.15, 0.2) is 5.82 Å². The number of amides is 2. The van der Waals surface area contributed by atoms with Crippen LogP contribution in [0.25, 0.3) is 5.70 Å². The molecular weight excluding hydrogens is 464 g/mol. The van der Waals surface area contributed by atoms with Gasteiger partial charge in [-0.2, -0.15) is 0 Å². The van der Waals surface area contributed by atoms with Gasteiger partial charge < -0.3 is 34.7 Å². The molecule has 192 valence electrons. The van der Waals surface area contributed by atoms with Crippen molar-refractivity contribution in [3.8, 4) is 5.75 Å². The minimum Gasteiger partial charge on any atom is -0.496 e. The van der Waals surface area contributed by atoms with Crippen LogP contribution < -0.4 is 15.4 Å². The van der Waals surface area contributed by atoms with Gasteiger partial charge in [-0.05, 0) is 62.6 Å². The van der Waals surface area contributed by atoms with Gasteiger partial charge in [0.1, 0.15) is 18.2 Å². The lowest BCUT2D eigenvalue weighted by molar-refractivity contribution is 0.0730. The number of benzene rings is 1. The normalized spacial score (nSPS) is 17.7. The molecule has 11 nitrogen and oxygen atoms in total. The second-order valence-electron chi connectivity index (χ2n) is 9.08. The van der Waals surface area contributed by atoms with Crippen LogP contribution in [-0.2, 0) is 17.7 Å². The summed E-state index contributed by atoms with van der Waals surface area (Å²) in [6.07, 6.45) is 6.59. The van der Waals surface area contributed by atoms with Crippen LogP contribution in [0.3, 0.4) is 0 Å². The lowest BCUT2D eigenvalue weighted by atomic mass is 9.96. The van der Waals surface area contributed by atoms with Crippen LogP contribution in [0.15, 0.2) is 36.7 Å². The Labute approximate surface area is 209 Å². The quantitative estimate of drug-likeness (QED) is 0.531. The monoisotopic (exact) mass is 496 g/mol. The van der Waals surface area contributed by atoms with Gasteiger partial charge in [-0.3, -0.25) is 4.79 Å². The molecule has 2 amide bonds. The number of rotatable bonds is 7. The third kappa shape index (κ3) is 5.35. The summed E-state index contributed by atoms with van der Waals surface area (Å²) < 4.78 is 12.6. The summed E-state index contributed by atoms with van der Waals surface area (Å²) >= 11 is 0. The molecule has 36 heavy (non-hydrogen) atoms. The number of nitrogens with zero attached hydrogens (tertiary/aromatic N) is 4. The molecule has 2 aliphatic heterocycles. The number of allylic oxidation sites excluding steroid dienone is 2. The van der Waals surface area contributed by atoms with Crippen molar-refractivity contribution in [2.75, 3.05) is 20.3 Å². The second kappa shape index (κ2) is 10.8. The lowest BCUT2D eigenvalue weighted by Gasteiger charge is -2.30. The summed E-state index contributed by atoms with van der Waals surface area (Å²) in [6, 6.07) is 3.44. The van der Waals surface area contributed by atoms with E-state index >= 15 is 0 Å². The van der Waals surface area contributed by atoms with Crippen LogP contribution in [0.4, 0.5) is 4.79 Å². The van der Waals surface area contributed by atoms with Crippen LogP contribution in [-0.4, -0.2) is 69.3 Å². The standard InChI is InChI=1S/C25H32N6O5/c1-15(2)36-25(34)30-9-8-17-11-21(35-4)19(10-18(17)12-30)24(33)28-22-7-5-6-20(27-22)23-29-26-14-31(23)16(3)13-32/h5-7,10-11,14-16,22,27,32H,8-9,12-13H2,1-4H3,(H,28,33)/t16-,22?/m1/s1. The molecule has 1 unspecified atom stereocenters. The van der Waals surface area contributed by atoms with Gasteiger partial charge in [0, 0.05) is 13.1 Å². The Bertz CT molecular complexity index is 1190. The van der Waals surface area contributed by atoms with E-state index in [0.29, 0.717) is 42.3 Å². The Kier molecular flexibility index (Phi) is 7.58. The van der Waals surface area contributed by atoms with Gasteiger partial charge in [-0.15, -0.1) is 10.2 Å². The summed E-state index contributed by atoms with van der Waals surface area (Å²) in [5.74, 6) is 0.696. The van der Waals surface area contributed by atoms with E-state index in [1.807, 2.05) is 45.1 Å². The van der Waals surface area contributed by atoms with Crippen LogP contribution in [0.2, 0.25) is 0 Å². The van der Waals surface area contributed by atoms with E-state index in [4.69, 9.17) is 9.47 Å². The largest absolute Gasteiger partial charge is 0.496 e. The molecule has 0 fully saturated rings. The van der Waals surface area contributed by atoms with Crippen molar-refractivity contribution in [2.45, 2.75) is 52.0 Å². The summed E-state index contributed by atoms with van der Waals surface area (Å²) in [4.78, 5) is 27.3. The zero-order valence-corrected chi connectivity index (χ0v) is 20.9. The van der Waals surface area contributed by atoms with E-state index in [1.165, 1.54) is 7.11 Å². The summed E-state index contributed by atoms with van der Waals surface area (Å²) in [5, 5.41) is 23.8. The van der Waals surface area contributed by atoms with Gasteiger partial charge in [-0.1, -0.05) is 6.08 Å². The lowest BCUT2D eigenvalue weighted by Crippen LogP contribution is -2.44. The number of hydrogen-bond acceptors (Lipinski definition) is 8. The van der Waals surface area contributed by atoms with Crippen LogP contribution in [0, 0.1) is 0 Å². The van der Waals surface area contributed by atoms with Crippen molar-refractivity contribution in [3.63, 3.8) is 0 Å². The minimum absolute atomic E-state index is 0.0565. The molecule has 2 atom stereocenters. The van der Waals surface area contributed by atoms with E-state index in [9.17, 15) is 14.7 Å². The van der Waals surface area contributed by atoms with E-state index < -0.39 is 6.17 Å². The summed E-state index contributed by atoms with van der Waals surface area (Å²) in [6.45, 7) is 6.33. The molecule has 0 saturated carbocycles. The smallest absolute Gasteiger partial charge is 0.410 e. The minimum atomic E-state index is -0.509. The highest BCUT2D eigenvalue weighted by Gasteiger charge is 2.27. The number of methoxy groups -OCH3 is 1. The van der Waals surface area contributed by atoms with Crippen LogP contribution >= 0.6 is 0 Å². The number of dihydropyridines is 1. The first-order valence-corrected chi connectivity index (χ1v) is 11.9. The van der Waals surface area contributed by atoms with Crippen molar-refractivity contribution < 1.29 is 24.2 Å². The molecule has 2 aromatic rings. The fraction of sp³-hybridized carbons (Fsp3) is 0.440. The molecule has 11 heteroatoms. The predicted molar refractivity (Wildman–Crippen MR) is 132 cm³/mol. The zero-order chi connectivity index (χ0) is 25.8. The number of ether oxygens (including phenoxy) is 2. The number of carbonyl (C=O) groups excluding carboxylic acids is 2. The first kappa shape index (κ1) is 25.2. The molecule has 1 aromatic carbocycles. The zero-order valence-electron chi connectivity index (χ0n) is 20.9. The van der Waals surface area contributed by atoms with Crippen molar-refractivity contribution in [1.82, 2.24) is 30.3 Å². The molecule has 3 heterocycles.